The van der Waals surface area contributed by atoms with Crippen LogP contribution in [0.4, 0.5) is 0 Å². The van der Waals surface area contributed by atoms with Crippen molar-refractivity contribution in [1.29, 1.82) is 0 Å². The Morgan fingerprint density at radius 3 is 2.81 bits per heavy atom. The first-order chi connectivity index (χ1) is 10.3. The molecule has 1 unspecified atom stereocenters. The van der Waals surface area contributed by atoms with Gasteiger partial charge < -0.3 is 24.8 Å². The lowest BCUT2D eigenvalue weighted by molar-refractivity contribution is -0.122. The Bertz CT molecular complexity index is 430. The molecule has 1 aliphatic rings. The lowest BCUT2D eigenvalue weighted by Gasteiger charge is -2.23. The molecule has 21 heavy (non-hydrogen) atoms. The van der Waals surface area contributed by atoms with Gasteiger partial charge in [-0.15, -0.1) is 0 Å². The van der Waals surface area contributed by atoms with E-state index in [1.807, 2.05) is 24.3 Å². The predicted molar refractivity (Wildman–Crippen MR) is 78.7 cm³/mol. The van der Waals surface area contributed by atoms with Gasteiger partial charge in [0.05, 0.1) is 26.9 Å². The van der Waals surface area contributed by atoms with Gasteiger partial charge in [-0.1, -0.05) is 0 Å². The van der Waals surface area contributed by atoms with Gasteiger partial charge in [-0.2, -0.15) is 0 Å². The van der Waals surface area contributed by atoms with Crippen LogP contribution in [-0.4, -0.2) is 52.0 Å². The molecule has 0 aromatic heterocycles. The molecule has 1 atom stereocenters. The highest BCUT2D eigenvalue weighted by atomic mass is 16.5. The van der Waals surface area contributed by atoms with E-state index in [9.17, 15) is 4.79 Å². The zero-order valence-electron chi connectivity index (χ0n) is 12.3. The fourth-order valence-electron chi connectivity index (χ4n) is 2.08. The highest BCUT2D eigenvalue weighted by Gasteiger charge is 2.16. The maximum Gasteiger partial charge on any atom is 0.221 e. The van der Waals surface area contributed by atoms with Crippen molar-refractivity contribution in [1.82, 2.24) is 10.6 Å². The standard InChI is InChI=1S/C15H22N2O4/c1-19-13-2-4-14(5-3-13)21-9-7-17-15(18)10-12-11-20-8-6-16-12/h2-5,12,16H,6-11H2,1H3,(H,17,18). The third-order valence-electron chi connectivity index (χ3n) is 3.18. The molecular weight excluding hydrogens is 272 g/mol. The maximum atomic E-state index is 11.7. The van der Waals surface area contributed by atoms with E-state index in [1.54, 1.807) is 7.11 Å². The van der Waals surface area contributed by atoms with Crippen molar-refractivity contribution in [2.75, 3.05) is 40.0 Å². The topological polar surface area (TPSA) is 68.8 Å². The summed E-state index contributed by atoms with van der Waals surface area (Å²) in [5, 5.41) is 6.09. The van der Waals surface area contributed by atoms with E-state index in [2.05, 4.69) is 10.6 Å². The zero-order valence-corrected chi connectivity index (χ0v) is 12.3. The Morgan fingerprint density at radius 2 is 2.14 bits per heavy atom. The van der Waals surface area contributed by atoms with E-state index < -0.39 is 0 Å². The van der Waals surface area contributed by atoms with E-state index in [-0.39, 0.29) is 11.9 Å². The van der Waals surface area contributed by atoms with Crippen LogP contribution in [0.1, 0.15) is 6.42 Å². The second kappa shape index (κ2) is 8.49. The van der Waals surface area contributed by atoms with E-state index in [0.717, 1.165) is 18.0 Å². The average Bonchev–Trinajstić information content (AvgIpc) is 2.53. The second-order valence-corrected chi connectivity index (χ2v) is 4.80. The minimum absolute atomic E-state index is 0.0105. The lowest BCUT2D eigenvalue weighted by atomic mass is 10.2. The first kappa shape index (κ1) is 15.6. The molecule has 0 radical (unpaired) electrons. The van der Waals surface area contributed by atoms with E-state index in [0.29, 0.717) is 32.8 Å². The summed E-state index contributed by atoms with van der Waals surface area (Å²) in [7, 11) is 1.62. The molecule has 1 aliphatic heterocycles. The van der Waals surface area contributed by atoms with Gasteiger partial charge in [0.25, 0.3) is 0 Å². The highest BCUT2D eigenvalue weighted by Crippen LogP contribution is 2.16. The molecular formula is C15H22N2O4. The van der Waals surface area contributed by atoms with Crippen molar-refractivity contribution in [3.05, 3.63) is 24.3 Å². The summed E-state index contributed by atoms with van der Waals surface area (Å²) in [6, 6.07) is 7.46. The number of hydrogen-bond acceptors (Lipinski definition) is 5. The summed E-state index contributed by atoms with van der Waals surface area (Å²) in [5.74, 6) is 1.56. The molecule has 0 aliphatic carbocycles. The molecule has 0 bridgehead atoms. The highest BCUT2D eigenvalue weighted by molar-refractivity contribution is 5.76. The number of carbonyl (C=O) groups is 1. The quantitative estimate of drug-likeness (QED) is 0.720. The summed E-state index contributed by atoms with van der Waals surface area (Å²) in [4.78, 5) is 11.7. The fraction of sp³-hybridized carbons (Fsp3) is 0.533. The molecule has 1 saturated heterocycles. The monoisotopic (exact) mass is 294 g/mol. The van der Waals surface area contributed by atoms with Gasteiger partial charge in [-0.05, 0) is 24.3 Å². The van der Waals surface area contributed by atoms with Gasteiger partial charge in [-0.25, -0.2) is 0 Å². The van der Waals surface area contributed by atoms with Crippen LogP contribution in [0, 0.1) is 0 Å². The van der Waals surface area contributed by atoms with Crippen LogP contribution in [0.25, 0.3) is 0 Å². The molecule has 1 heterocycles. The second-order valence-electron chi connectivity index (χ2n) is 4.80. The Morgan fingerprint density at radius 1 is 1.38 bits per heavy atom. The summed E-state index contributed by atoms with van der Waals surface area (Å²) >= 11 is 0. The Labute approximate surface area is 124 Å². The molecule has 2 N–H and O–H groups in total. The molecule has 1 aromatic carbocycles. The van der Waals surface area contributed by atoms with Gasteiger partial charge in [0, 0.05) is 19.0 Å². The van der Waals surface area contributed by atoms with Gasteiger partial charge in [-0.3, -0.25) is 4.79 Å². The Balaban J connectivity index is 1.58. The minimum atomic E-state index is 0.0105. The van der Waals surface area contributed by atoms with E-state index in [4.69, 9.17) is 14.2 Å². The van der Waals surface area contributed by atoms with Crippen molar-refractivity contribution in [3.63, 3.8) is 0 Å². The summed E-state index contributed by atoms with van der Waals surface area (Å²) in [6.07, 6.45) is 0.433. The number of ether oxygens (including phenoxy) is 3. The van der Waals surface area contributed by atoms with E-state index >= 15 is 0 Å². The Hall–Kier alpha value is -1.79. The van der Waals surface area contributed by atoms with Crippen LogP contribution < -0.4 is 20.1 Å². The number of carbonyl (C=O) groups excluding carboxylic acids is 1. The molecule has 1 aromatic rings. The first-order valence-corrected chi connectivity index (χ1v) is 7.12. The largest absolute Gasteiger partial charge is 0.497 e. The fourth-order valence-corrected chi connectivity index (χ4v) is 2.08. The Kier molecular flexibility index (Phi) is 6.30. The van der Waals surface area contributed by atoms with Gasteiger partial charge in [0.15, 0.2) is 0 Å². The lowest BCUT2D eigenvalue weighted by Crippen LogP contribution is -2.44. The average molecular weight is 294 g/mol. The van der Waals surface area contributed by atoms with E-state index in [1.165, 1.54) is 0 Å². The number of morpholine rings is 1. The zero-order chi connectivity index (χ0) is 14.9. The number of rotatable bonds is 7. The van der Waals surface area contributed by atoms with Gasteiger partial charge in [0.1, 0.15) is 18.1 Å². The molecule has 6 heteroatoms. The van der Waals surface area contributed by atoms with Crippen molar-refractivity contribution in [2.24, 2.45) is 0 Å². The number of methoxy groups -OCH3 is 1. The van der Waals surface area contributed by atoms with Gasteiger partial charge in [0.2, 0.25) is 5.91 Å². The number of hydrogen-bond donors (Lipinski definition) is 2. The predicted octanol–water partition coefficient (Wildman–Crippen LogP) is 0.569. The molecule has 1 fully saturated rings. The summed E-state index contributed by atoms with van der Waals surface area (Å²) in [6.45, 7) is 3.03. The van der Waals surface area contributed by atoms with Crippen LogP contribution >= 0.6 is 0 Å². The minimum Gasteiger partial charge on any atom is -0.497 e. The molecule has 1 amide bonds. The van der Waals surface area contributed by atoms with Crippen LogP contribution in [0.3, 0.4) is 0 Å². The maximum absolute atomic E-state index is 11.7. The first-order valence-electron chi connectivity index (χ1n) is 7.12. The smallest absolute Gasteiger partial charge is 0.221 e. The SMILES string of the molecule is COc1ccc(OCCNC(=O)CC2COCCN2)cc1. The van der Waals surface area contributed by atoms with Crippen molar-refractivity contribution < 1.29 is 19.0 Å². The van der Waals surface area contributed by atoms with Crippen molar-refractivity contribution in [2.45, 2.75) is 12.5 Å². The van der Waals surface area contributed by atoms with Crippen LogP contribution in [-0.2, 0) is 9.53 Å². The van der Waals surface area contributed by atoms with Gasteiger partial charge >= 0.3 is 0 Å². The molecule has 116 valence electrons. The van der Waals surface area contributed by atoms with Crippen LogP contribution in [0.5, 0.6) is 11.5 Å². The molecule has 0 spiro atoms. The summed E-state index contributed by atoms with van der Waals surface area (Å²) in [5.41, 5.74) is 0. The third-order valence-corrected chi connectivity index (χ3v) is 3.18. The van der Waals surface area contributed by atoms with Crippen LogP contribution in [0.15, 0.2) is 24.3 Å². The molecule has 6 nitrogen and oxygen atoms in total. The van der Waals surface area contributed by atoms with Crippen LogP contribution in [0.2, 0.25) is 0 Å². The normalized spacial score (nSPS) is 18.0. The van der Waals surface area contributed by atoms with Crippen molar-refractivity contribution >= 4 is 5.91 Å². The summed E-state index contributed by atoms with van der Waals surface area (Å²) < 4.78 is 15.9. The number of amides is 1. The number of benzene rings is 1. The number of nitrogens with one attached hydrogen (secondary N) is 2. The third kappa shape index (κ3) is 5.61. The molecule has 2 rings (SSSR count). The van der Waals surface area contributed by atoms with Crippen molar-refractivity contribution in [3.8, 4) is 11.5 Å². The molecule has 0 saturated carbocycles.